The molecule has 2 aromatic rings. The summed E-state index contributed by atoms with van der Waals surface area (Å²) in [4.78, 5) is 15.1. The van der Waals surface area contributed by atoms with Gasteiger partial charge >= 0.3 is 6.03 Å². The fraction of sp³-hybridized carbons (Fsp3) is 0.519. The van der Waals surface area contributed by atoms with Gasteiger partial charge in [-0.1, -0.05) is 42.5 Å². The normalized spacial score (nSPS) is 26.5. The minimum absolute atomic E-state index is 0.0780. The molecule has 1 aliphatic carbocycles. The molecule has 170 valence electrons. The molecule has 5 heteroatoms. The number of nitrogens with one attached hydrogen (secondary N) is 2. The maximum Gasteiger partial charge on any atom is 0.315 e. The molecule has 2 fully saturated rings. The number of nitrogens with zero attached hydrogens (tertiary/aromatic N) is 1. The number of carbonyl (C=O) groups is 1. The Morgan fingerprint density at radius 1 is 0.938 bits per heavy atom. The minimum Gasteiger partial charge on any atom is -0.496 e. The Balaban J connectivity index is 1.03. The largest absolute Gasteiger partial charge is 0.496 e. The lowest BCUT2D eigenvalue weighted by Crippen LogP contribution is -2.43. The first-order chi connectivity index (χ1) is 15.7. The van der Waals surface area contributed by atoms with E-state index in [0.717, 1.165) is 30.1 Å². The summed E-state index contributed by atoms with van der Waals surface area (Å²) in [6.07, 6.45) is 8.53. The van der Waals surface area contributed by atoms with E-state index in [9.17, 15) is 4.79 Å². The highest BCUT2D eigenvalue weighted by atomic mass is 16.5. The number of para-hydroxylation sites is 1. The Kier molecular flexibility index (Phi) is 6.35. The molecule has 0 spiro atoms. The van der Waals surface area contributed by atoms with Crippen LogP contribution in [0.1, 0.15) is 73.7 Å². The van der Waals surface area contributed by atoms with Gasteiger partial charge in [-0.25, -0.2) is 4.79 Å². The molecule has 2 aromatic carbocycles. The van der Waals surface area contributed by atoms with Gasteiger partial charge in [-0.05, 0) is 74.6 Å². The molecule has 5 rings (SSSR count). The summed E-state index contributed by atoms with van der Waals surface area (Å²) >= 11 is 0. The molecule has 2 heterocycles. The van der Waals surface area contributed by atoms with Crippen LogP contribution in [0.3, 0.4) is 0 Å². The fourth-order valence-corrected chi connectivity index (χ4v) is 6.15. The average Bonchev–Trinajstić information content (AvgIpc) is 3.39. The van der Waals surface area contributed by atoms with Gasteiger partial charge in [0, 0.05) is 30.2 Å². The van der Waals surface area contributed by atoms with Crippen LogP contribution in [0.25, 0.3) is 0 Å². The van der Waals surface area contributed by atoms with Crippen molar-refractivity contribution in [3.8, 4) is 5.75 Å². The highest BCUT2D eigenvalue weighted by molar-refractivity contribution is 5.74. The number of benzene rings is 2. The third kappa shape index (κ3) is 4.36. The molecule has 2 N–H and O–H groups in total. The Morgan fingerprint density at radius 3 is 2.28 bits per heavy atom. The second-order valence-electron chi connectivity index (χ2n) is 9.62. The Hall–Kier alpha value is -2.53. The topological polar surface area (TPSA) is 53.6 Å². The lowest BCUT2D eigenvalue weighted by atomic mass is 9.84. The molecule has 2 atom stereocenters. The van der Waals surface area contributed by atoms with Gasteiger partial charge in [0.15, 0.2) is 0 Å². The Bertz CT molecular complexity index is 907. The number of urea groups is 1. The standard InChI is InChI=1S/C27H35N3O2/c1-32-26-9-5-2-6-20(26)18-28-27(31)29-21-12-10-19(11-13-21)16-17-30-24-14-15-25(30)23-8-4-3-7-22(23)24/h2-9,19,21,24-25H,10-18H2,1H3,(H2,28,29,31)/t19-,21-,24?,25?. The van der Waals surface area contributed by atoms with Crippen molar-refractivity contribution >= 4 is 6.03 Å². The van der Waals surface area contributed by atoms with Gasteiger partial charge in [0.25, 0.3) is 0 Å². The Labute approximate surface area is 191 Å². The third-order valence-electron chi connectivity index (χ3n) is 7.84. The van der Waals surface area contributed by atoms with Gasteiger partial charge in [-0.15, -0.1) is 0 Å². The van der Waals surface area contributed by atoms with Crippen molar-refractivity contribution in [2.45, 2.75) is 69.6 Å². The minimum atomic E-state index is -0.0780. The first kappa shape index (κ1) is 21.3. The van der Waals surface area contributed by atoms with Crippen LogP contribution in [0.2, 0.25) is 0 Å². The van der Waals surface area contributed by atoms with Crippen molar-refractivity contribution in [1.82, 2.24) is 15.5 Å². The Morgan fingerprint density at radius 2 is 1.59 bits per heavy atom. The molecule has 2 unspecified atom stereocenters. The number of carbonyl (C=O) groups excluding carboxylic acids is 1. The van der Waals surface area contributed by atoms with Crippen LogP contribution in [0.15, 0.2) is 48.5 Å². The first-order valence-electron chi connectivity index (χ1n) is 12.2. The predicted octanol–water partition coefficient (Wildman–Crippen LogP) is 5.34. The molecule has 1 saturated heterocycles. The van der Waals surface area contributed by atoms with Crippen LogP contribution in [0, 0.1) is 5.92 Å². The van der Waals surface area contributed by atoms with Crippen LogP contribution in [0.4, 0.5) is 4.79 Å². The highest BCUT2D eigenvalue weighted by Gasteiger charge is 2.43. The van der Waals surface area contributed by atoms with Crippen LogP contribution in [0.5, 0.6) is 5.75 Å². The monoisotopic (exact) mass is 433 g/mol. The number of ether oxygens (including phenoxy) is 1. The smallest absolute Gasteiger partial charge is 0.315 e. The second-order valence-corrected chi connectivity index (χ2v) is 9.62. The van der Waals surface area contributed by atoms with Crippen molar-refractivity contribution in [3.05, 3.63) is 65.2 Å². The van der Waals surface area contributed by atoms with E-state index < -0.39 is 0 Å². The average molecular weight is 434 g/mol. The zero-order valence-corrected chi connectivity index (χ0v) is 19.1. The number of rotatable bonds is 7. The summed E-state index contributed by atoms with van der Waals surface area (Å²) in [5, 5.41) is 6.16. The van der Waals surface area contributed by atoms with Crippen molar-refractivity contribution in [3.63, 3.8) is 0 Å². The first-order valence-corrected chi connectivity index (χ1v) is 12.2. The molecule has 3 aliphatic rings. The summed E-state index contributed by atoms with van der Waals surface area (Å²) < 4.78 is 5.36. The number of amides is 2. The maximum atomic E-state index is 12.4. The van der Waals surface area contributed by atoms with Gasteiger partial charge in [0.1, 0.15) is 5.75 Å². The molecule has 2 amide bonds. The number of fused-ring (bicyclic) bond motifs is 5. The van der Waals surface area contributed by atoms with Gasteiger partial charge < -0.3 is 15.4 Å². The summed E-state index contributed by atoms with van der Waals surface area (Å²) in [5.74, 6) is 1.59. The van der Waals surface area contributed by atoms with E-state index in [1.54, 1.807) is 18.2 Å². The summed E-state index contributed by atoms with van der Waals surface area (Å²) in [7, 11) is 1.66. The van der Waals surface area contributed by atoms with Crippen molar-refractivity contribution < 1.29 is 9.53 Å². The molecule has 0 aromatic heterocycles. The molecule has 1 saturated carbocycles. The summed E-state index contributed by atoms with van der Waals surface area (Å²) in [6.45, 7) is 1.69. The van der Waals surface area contributed by atoms with Gasteiger partial charge in [-0.3, -0.25) is 4.90 Å². The van der Waals surface area contributed by atoms with Crippen LogP contribution in [-0.2, 0) is 6.54 Å². The van der Waals surface area contributed by atoms with E-state index in [2.05, 4.69) is 39.8 Å². The van der Waals surface area contributed by atoms with Crippen molar-refractivity contribution in [2.75, 3.05) is 13.7 Å². The fourth-order valence-electron chi connectivity index (χ4n) is 6.15. The van der Waals surface area contributed by atoms with Gasteiger partial charge in [0.05, 0.1) is 7.11 Å². The van der Waals surface area contributed by atoms with Gasteiger partial charge in [0.2, 0.25) is 0 Å². The van der Waals surface area contributed by atoms with E-state index >= 15 is 0 Å². The van der Waals surface area contributed by atoms with E-state index in [4.69, 9.17) is 4.74 Å². The zero-order valence-electron chi connectivity index (χ0n) is 19.1. The van der Waals surface area contributed by atoms with Crippen LogP contribution >= 0.6 is 0 Å². The quantitative estimate of drug-likeness (QED) is 0.620. The number of hydrogen-bond acceptors (Lipinski definition) is 3. The predicted molar refractivity (Wildman–Crippen MR) is 127 cm³/mol. The van der Waals surface area contributed by atoms with Crippen molar-refractivity contribution in [2.24, 2.45) is 5.92 Å². The molecule has 5 nitrogen and oxygen atoms in total. The highest BCUT2D eigenvalue weighted by Crippen LogP contribution is 2.53. The lowest BCUT2D eigenvalue weighted by Gasteiger charge is -2.31. The molecular weight excluding hydrogens is 398 g/mol. The number of methoxy groups -OCH3 is 1. The molecule has 2 aliphatic heterocycles. The maximum absolute atomic E-state index is 12.4. The van der Waals surface area contributed by atoms with E-state index in [1.165, 1.54) is 38.6 Å². The molecule has 0 radical (unpaired) electrons. The zero-order chi connectivity index (χ0) is 21.9. The van der Waals surface area contributed by atoms with Gasteiger partial charge in [-0.2, -0.15) is 0 Å². The van der Waals surface area contributed by atoms with E-state index in [0.29, 0.717) is 18.6 Å². The molecule has 2 bridgehead atoms. The number of hydrogen-bond donors (Lipinski definition) is 2. The van der Waals surface area contributed by atoms with E-state index in [1.807, 2.05) is 24.3 Å². The van der Waals surface area contributed by atoms with Crippen LogP contribution in [-0.4, -0.2) is 30.6 Å². The van der Waals surface area contributed by atoms with Crippen molar-refractivity contribution in [1.29, 1.82) is 0 Å². The molecule has 32 heavy (non-hydrogen) atoms. The van der Waals surface area contributed by atoms with E-state index in [-0.39, 0.29) is 12.1 Å². The SMILES string of the molecule is COc1ccccc1CNC(=O)N[C@H]1CC[C@H](CCN2C3CCC2c2ccccc23)CC1. The van der Waals surface area contributed by atoms with Crippen LogP contribution < -0.4 is 15.4 Å². The lowest BCUT2D eigenvalue weighted by molar-refractivity contribution is 0.185. The molecular formula is C27H35N3O2. The summed E-state index contributed by atoms with van der Waals surface area (Å²) in [5.41, 5.74) is 4.15. The third-order valence-corrected chi connectivity index (χ3v) is 7.84. The summed E-state index contributed by atoms with van der Waals surface area (Å²) in [6, 6.07) is 18.4. The second kappa shape index (κ2) is 9.53.